The van der Waals surface area contributed by atoms with E-state index in [2.05, 4.69) is 6.92 Å². The van der Waals surface area contributed by atoms with Crippen molar-refractivity contribution >= 4 is 17.6 Å². The lowest BCUT2D eigenvalue weighted by molar-refractivity contribution is -0.150. The lowest BCUT2D eigenvalue weighted by Crippen LogP contribution is -2.20. The molecule has 0 aliphatic heterocycles. The van der Waals surface area contributed by atoms with Crippen molar-refractivity contribution in [3.63, 3.8) is 0 Å². The van der Waals surface area contributed by atoms with Crippen molar-refractivity contribution in [3.8, 4) is 0 Å². The highest BCUT2D eigenvalue weighted by Crippen LogP contribution is 2.14. The zero-order valence-corrected chi connectivity index (χ0v) is 30.3. The summed E-state index contributed by atoms with van der Waals surface area (Å²) in [7, 11) is 0. The number of carbonyl (C=O) groups is 1. The molecule has 0 aromatic rings. The van der Waals surface area contributed by atoms with Gasteiger partial charge in [-0.05, 0) is 25.7 Å². The summed E-state index contributed by atoms with van der Waals surface area (Å²) in [5.74, 6) is 0.621. The third kappa shape index (κ3) is 38.0. The van der Waals surface area contributed by atoms with Gasteiger partial charge in [0.25, 0.3) is 0 Å². The fourth-order valence-corrected chi connectivity index (χ4v) is 4.18. The van der Waals surface area contributed by atoms with Gasteiger partial charge in [-0.25, -0.2) is 0 Å². The van der Waals surface area contributed by atoms with Crippen LogP contribution in [-0.2, 0) is 56.9 Å². The van der Waals surface area contributed by atoms with Gasteiger partial charge in [0.1, 0.15) is 6.61 Å². The minimum absolute atomic E-state index is 0.00221. The van der Waals surface area contributed by atoms with Crippen LogP contribution in [-0.4, -0.2) is 151 Å². The fourth-order valence-electron chi connectivity index (χ4n) is 3.99. The lowest BCUT2D eigenvalue weighted by atomic mass is 10.00. The summed E-state index contributed by atoms with van der Waals surface area (Å²) in [5, 5.41) is 0. The van der Waals surface area contributed by atoms with Crippen molar-refractivity contribution in [1.82, 2.24) is 0 Å². The Morgan fingerprint density at radius 1 is 0.426 bits per heavy atom. The van der Waals surface area contributed by atoms with Gasteiger partial charge < -0.3 is 52.1 Å². The zero-order chi connectivity index (χ0) is 34.1. The molecule has 0 radical (unpaired) electrons. The average molecular weight is 703 g/mol. The third-order valence-electron chi connectivity index (χ3n) is 6.72. The summed E-state index contributed by atoms with van der Waals surface area (Å²) in [6, 6.07) is 0. The van der Waals surface area contributed by atoms with Gasteiger partial charge in [-0.2, -0.15) is 0 Å². The first-order valence-corrected chi connectivity index (χ1v) is 18.3. The van der Waals surface area contributed by atoms with E-state index in [1.165, 1.54) is 12.8 Å². The van der Waals surface area contributed by atoms with Crippen LogP contribution >= 0.6 is 11.6 Å². The number of halogens is 1. The van der Waals surface area contributed by atoms with Gasteiger partial charge in [0, 0.05) is 12.5 Å². The smallest absolute Gasteiger partial charge is 0.308 e. The van der Waals surface area contributed by atoms with Crippen molar-refractivity contribution in [2.45, 2.75) is 65.2 Å². The van der Waals surface area contributed by atoms with E-state index >= 15 is 0 Å². The van der Waals surface area contributed by atoms with Gasteiger partial charge in [0.2, 0.25) is 0 Å². The predicted molar refractivity (Wildman–Crippen MR) is 182 cm³/mol. The molecule has 0 saturated carbocycles. The molecular formula is C34H67ClO12. The molecule has 0 heterocycles. The molecule has 0 bridgehead atoms. The van der Waals surface area contributed by atoms with Crippen molar-refractivity contribution < 1.29 is 56.9 Å². The van der Waals surface area contributed by atoms with E-state index in [0.29, 0.717) is 126 Å². The number of hydrogen-bond acceptors (Lipinski definition) is 12. The largest absolute Gasteiger partial charge is 0.463 e. The maximum absolute atomic E-state index is 12.0. The average Bonchev–Trinajstić information content (AvgIpc) is 3.08. The second-order valence-corrected chi connectivity index (χ2v) is 11.0. The molecule has 0 aliphatic rings. The molecule has 0 saturated heterocycles. The number of hydrogen-bond donors (Lipinski definition) is 0. The molecule has 0 rings (SSSR count). The molecule has 0 fully saturated rings. The molecular weight excluding hydrogens is 636 g/mol. The fraction of sp³-hybridized carbons (Fsp3) is 0.971. The Morgan fingerprint density at radius 2 is 0.745 bits per heavy atom. The van der Waals surface area contributed by atoms with Crippen molar-refractivity contribution in [2.75, 3.05) is 145 Å². The number of ether oxygens (including phenoxy) is 11. The summed E-state index contributed by atoms with van der Waals surface area (Å²) in [5.41, 5.74) is 0. The Hall–Kier alpha value is -0.640. The molecule has 282 valence electrons. The van der Waals surface area contributed by atoms with E-state index in [4.69, 9.17) is 63.7 Å². The summed E-state index contributed by atoms with van der Waals surface area (Å²) in [6.07, 6.45) is 8.33. The van der Waals surface area contributed by atoms with E-state index < -0.39 is 0 Å². The van der Waals surface area contributed by atoms with Gasteiger partial charge in [0.05, 0.1) is 131 Å². The summed E-state index contributed by atoms with van der Waals surface area (Å²) in [4.78, 5) is 12.0. The SMILES string of the molecule is CCCCC(CC)C(=O)OCCOCCOCCOCCOCCOCCOCCOCCOCCOCCOCCCCCCCl. The lowest BCUT2D eigenvalue weighted by Gasteiger charge is -2.13. The summed E-state index contributed by atoms with van der Waals surface area (Å²) in [6.45, 7) is 14.9. The Kier molecular flexibility index (Phi) is 41.0. The minimum Gasteiger partial charge on any atom is -0.463 e. The van der Waals surface area contributed by atoms with E-state index in [9.17, 15) is 4.79 Å². The van der Waals surface area contributed by atoms with Gasteiger partial charge >= 0.3 is 5.97 Å². The van der Waals surface area contributed by atoms with Crippen molar-refractivity contribution in [3.05, 3.63) is 0 Å². The van der Waals surface area contributed by atoms with Crippen molar-refractivity contribution in [2.24, 2.45) is 5.92 Å². The molecule has 0 aromatic carbocycles. The highest BCUT2D eigenvalue weighted by atomic mass is 35.5. The van der Waals surface area contributed by atoms with Gasteiger partial charge in [-0.15, -0.1) is 11.6 Å². The molecule has 1 atom stereocenters. The molecule has 0 N–H and O–H groups in total. The van der Waals surface area contributed by atoms with E-state index in [0.717, 1.165) is 51.0 Å². The number of rotatable bonds is 41. The van der Waals surface area contributed by atoms with Crippen LogP contribution in [0.4, 0.5) is 0 Å². The highest BCUT2D eigenvalue weighted by molar-refractivity contribution is 6.17. The summed E-state index contributed by atoms with van der Waals surface area (Å²) >= 11 is 5.65. The predicted octanol–water partition coefficient (Wildman–Crippen LogP) is 4.71. The normalized spacial score (nSPS) is 12.1. The Balaban J connectivity index is 3.13. The summed E-state index contributed by atoms with van der Waals surface area (Å²) < 4.78 is 60.1. The van der Waals surface area contributed by atoms with Crippen LogP contribution < -0.4 is 0 Å². The van der Waals surface area contributed by atoms with Crippen LogP contribution in [0, 0.1) is 5.92 Å². The number of esters is 1. The monoisotopic (exact) mass is 702 g/mol. The van der Waals surface area contributed by atoms with Crippen LogP contribution in [0.1, 0.15) is 65.2 Å². The first-order chi connectivity index (χ1) is 23.3. The van der Waals surface area contributed by atoms with Gasteiger partial charge in [0.15, 0.2) is 0 Å². The quantitative estimate of drug-likeness (QED) is 0.0499. The second kappa shape index (κ2) is 41.5. The van der Waals surface area contributed by atoms with Crippen LogP contribution in [0.3, 0.4) is 0 Å². The number of unbranched alkanes of at least 4 members (excludes halogenated alkanes) is 4. The van der Waals surface area contributed by atoms with E-state index in [-0.39, 0.29) is 18.5 Å². The topological polar surface area (TPSA) is 119 Å². The molecule has 0 aliphatic carbocycles. The molecule has 0 amide bonds. The van der Waals surface area contributed by atoms with Crippen LogP contribution in [0.15, 0.2) is 0 Å². The molecule has 0 spiro atoms. The Bertz CT molecular complexity index is 605. The van der Waals surface area contributed by atoms with E-state index in [1.807, 2.05) is 6.92 Å². The third-order valence-corrected chi connectivity index (χ3v) is 6.99. The minimum atomic E-state index is -0.119. The van der Waals surface area contributed by atoms with Crippen LogP contribution in [0.2, 0.25) is 0 Å². The van der Waals surface area contributed by atoms with Gasteiger partial charge in [-0.1, -0.05) is 39.5 Å². The maximum atomic E-state index is 12.0. The molecule has 12 nitrogen and oxygen atoms in total. The molecule has 47 heavy (non-hydrogen) atoms. The first-order valence-electron chi connectivity index (χ1n) is 17.8. The van der Waals surface area contributed by atoms with Gasteiger partial charge in [-0.3, -0.25) is 4.79 Å². The standard InChI is InChI=1S/C34H67ClO12/c1-3-5-10-33(4-2)34(36)47-32-31-46-30-29-45-28-27-44-26-25-43-24-23-42-22-21-41-20-19-40-18-17-39-16-15-38-14-13-37-12-9-7-6-8-11-35/h33H,3-32H2,1-2H3. The molecule has 1 unspecified atom stereocenters. The molecule has 13 heteroatoms. The van der Waals surface area contributed by atoms with Crippen LogP contribution in [0.25, 0.3) is 0 Å². The van der Waals surface area contributed by atoms with E-state index in [1.54, 1.807) is 0 Å². The first kappa shape index (κ1) is 46.4. The van der Waals surface area contributed by atoms with Crippen molar-refractivity contribution in [1.29, 1.82) is 0 Å². The number of alkyl halides is 1. The second-order valence-electron chi connectivity index (χ2n) is 10.6. The maximum Gasteiger partial charge on any atom is 0.308 e. The highest BCUT2D eigenvalue weighted by Gasteiger charge is 2.16. The Labute approximate surface area is 289 Å². The van der Waals surface area contributed by atoms with Crippen LogP contribution in [0.5, 0.6) is 0 Å². The molecule has 0 aromatic heterocycles. The zero-order valence-electron chi connectivity index (χ0n) is 29.6. The number of carbonyl (C=O) groups excluding carboxylic acids is 1. The Morgan fingerprint density at radius 3 is 1.06 bits per heavy atom.